The third-order valence-corrected chi connectivity index (χ3v) is 5.29. The Morgan fingerprint density at radius 3 is 2.89 bits per heavy atom. The van der Waals surface area contributed by atoms with Gasteiger partial charge in [0, 0.05) is 24.0 Å². The molecule has 1 fully saturated rings. The van der Waals surface area contributed by atoms with Gasteiger partial charge < -0.3 is 5.32 Å². The van der Waals surface area contributed by atoms with Crippen molar-refractivity contribution in [3.8, 4) is 11.4 Å². The second-order valence-electron chi connectivity index (χ2n) is 6.11. The topological polar surface area (TPSA) is 72.7 Å². The quantitative estimate of drug-likeness (QED) is 0.624. The van der Waals surface area contributed by atoms with Gasteiger partial charge in [-0.2, -0.15) is 0 Å². The van der Waals surface area contributed by atoms with Crippen LogP contribution in [0.3, 0.4) is 0 Å². The molecular formula is C18H15ClFN5OS. The molecule has 0 bridgehead atoms. The monoisotopic (exact) mass is 403 g/mol. The molecule has 27 heavy (non-hydrogen) atoms. The summed E-state index contributed by atoms with van der Waals surface area (Å²) in [5.74, 6) is 0.204. The number of amides is 1. The second kappa shape index (κ2) is 7.66. The predicted molar refractivity (Wildman–Crippen MR) is 102 cm³/mol. The molecule has 0 aliphatic heterocycles. The van der Waals surface area contributed by atoms with Crippen molar-refractivity contribution in [1.29, 1.82) is 0 Å². The van der Waals surface area contributed by atoms with Crippen LogP contribution in [0, 0.1) is 5.82 Å². The molecule has 1 aliphatic rings. The number of pyridine rings is 1. The predicted octanol–water partition coefficient (Wildman–Crippen LogP) is 4.20. The number of thioether (sulfide) groups is 1. The molecule has 0 radical (unpaired) electrons. The van der Waals surface area contributed by atoms with Crippen molar-refractivity contribution in [2.75, 3.05) is 11.1 Å². The summed E-state index contributed by atoms with van der Waals surface area (Å²) in [4.78, 5) is 16.4. The van der Waals surface area contributed by atoms with E-state index >= 15 is 0 Å². The number of halogens is 2. The fraction of sp³-hybridized carbons (Fsp3) is 0.222. The van der Waals surface area contributed by atoms with Gasteiger partial charge in [0.25, 0.3) is 0 Å². The molecule has 9 heteroatoms. The summed E-state index contributed by atoms with van der Waals surface area (Å²) < 4.78 is 15.2. The molecule has 1 aliphatic carbocycles. The van der Waals surface area contributed by atoms with E-state index in [1.54, 1.807) is 12.4 Å². The Morgan fingerprint density at radius 2 is 2.19 bits per heavy atom. The molecule has 138 valence electrons. The Morgan fingerprint density at radius 1 is 1.33 bits per heavy atom. The SMILES string of the molecule is O=C(CSc1nnc(-c2cccnc2)n1C1CC1)Nc1ccc(F)cc1Cl. The highest BCUT2D eigenvalue weighted by atomic mass is 35.5. The van der Waals surface area contributed by atoms with Crippen molar-refractivity contribution in [2.45, 2.75) is 24.0 Å². The van der Waals surface area contributed by atoms with Crippen LogP contribution < -0.4 is 5.32 Å². The van der Waals surface area contributed by atoms with E-state index < -0.39 is 5.82 Å². The van der Waals surface area contributed by atoms with E-state index in [1.165, 1.54) is 23.9 Å². The third-order valence-electron chi connectivity index (χ3n) is 4.03. The van der Waals surface area contributed by atoms with E-state index in [9.17, 15) is 9.18 Å². The van der Waals surface area contributed by atoms with Crippen LogP contribution in [0.5, 0.6) is 0 Å². The molecule has 1 amide bonds. The third kappa shape index (κ3) is 4.12. The average Bonchev–Trinajstić information content (AvgIpc) is 3.42. The van der Waals surface area contributed by atoms with E-state index in [4.69, 9.17) is 11.6 Å². The van der Waals surface area contributed by atoms with Crippen LogP contribution in [-0.4, -0.2) is 31.4 Å². The summed E-state index contributed by atoms with van der Waals surface area (Å²) in [5.41, 5.74) is 1.27. The molecule has 6 nitrogen and oxygen atoms in total. The van der Waals surface area contributed by atoms with E-state index in [-0.39, 0.29) is 16.7 Å². The number of carbonyl (C=O) groups is 1. The molecule has 3 aromatic rings. The lowest BCUT2D eigenvalue weighted by Gasteiger charge is -2.09. The molecule has 2 aromatic heterocycles. The van der Waals surface area contributed by atoms with Crippen molar-refractivity contribution in [2.24, 2.45) is 0 Å². The Hall–Kier alpha value is -2.45. The van der Waals surface area contributed by atoms with E-state index in [0.717, 1.165) is 30.3 Å². The number of nitrogens with zero attached hydrogens (tertiary/aromatic N) is 4. The molecule has 4 rings (SSSR count). The van der Waals surface area contributed by atoms with Gasteiger partial charge in [0.1, 0.15) is 5.82 Å². The minimum absolute atomic E-state index is 0.144. The fourth-order valence-electron chi connectivity index (χ4n) is 2.64. The zero-order chi connectivity index (χ0) is 18.8. The summed E-state index contributed by atoms with van der Waals surface area (Å²) >= 11 is 7.25. The summed E-state index contributed by atoms with van der Waals surface area (Å²) in [6.45, 7) is 0. The molecule has 2 heterocycles. The summed E-state index contributed by atoms with van der Waals surface area (Å²) in [5, 5.41) is 12.1. The van der Waals surface area contributed by atoms with E-state index in [0.29, 0.717) is 16.9 Å². The zero-order valence-electron chi connectivity index (χ0n) is 14.1. The maximum atomic E-state index is 13.1. The first kappa shape index (κ1) is 17.9. The first-order valence-electron chi connectivity index (χ1n) is 8.35. The van der Waals surface area contributed by atoms with Crippen molar-refractivity contribution in [3.05, 3.63) is 53.6 Å². The first-order valence-corrected chi connectivity index (χ1v) is 9.71. The number of nitrogens with one attached hydrogen (secondary N) is 1. The van der Waals surface area contributed by atoms with Gasteiger partial charge in [-0.15, -0.1) is 10.2 Å². The maximum absolute atomic E-state index is 13.1. The second-order valence-corrected chi connectivity index (χ2v) is 7.46. The number of anilines is 1. The highest BCUT2D eigenvalue weighted by Crippen LogP contribution is 2.40. The van der Waals surface area contributed by atoms with Crippen LogP contribution in [0.4, 0.5) is 10.1 Å². The fourth-order valence-corrected chi connectivity index (χ4v) is 3.66. The lowest BCUT2D eigenvalue weighted by atomic mass is 10.3. The highest BCUT2D eigenvalue weighted by Gasteiger charge is 2.30. The van der Waals surface area contributed by atoms with Crippen LogP contribution in [-0.2, 0) is 4.79 Å². The Bertz CT molecular complexity index is 977. The van der Waals surface area contributed by atoms with Gasteiger partial charge in [-0.3, -0.25) is 14.3 Å². The Balaban J connectivity index is 1.47. The smallest absolute Gasteiger partial charge is 0.234 e. The van der Waals surface area contributed by atoms with Gasteiger partial charge in [-0.25, -0.2) is 4.39 Å². The van der Waals surface area contributed by atoms with Gasteiger partial charge in [-0.1, -0.05) is 23.4 Å². The lowest BCUT2D eigenvalue weighted by molar-refractivity contribution is -0.113. The molecule has 1 saturated carbocycles. The maximum Gasteiger partial charge on any atom is 0.234 e. The number of rotatable bonds is 6. The number of hydrogen-bond donors (Lipinski definition) is 1. The normalized spacial score (nSPS) is 13.6. The van der Waals surface area contributed by atoms with Gasteiger partial charge in [0.2, 0.25) is 5.91 Å². The van der Waals surface area contributed by atoms with Gasteiger partial charge in [0.15, 0.2) is 11.0 Å². The molecule has 1 aromatic carbocycles. The van der Waals surface area contributed by atoms with Crippen LogP contribution in [0.1, 0.15) is 18.9 Å². The van der Waals surface area contributed by atoms with Crippen molar-refractivity contribution >= 4 is 35.0 Å². The van der Waals surface area contributed by atoms with Crippen molar-refractivity contribution in [1.82, 2.24) is 19.7 Å². The number of hydrogen-bond acceptors (Lipinski definition) is 5. The standard InChI is InChI=1S/C18H15ClFN5OS/c19-14-8-12(20)3-6-15(14)22-16(26)10-27-18-24-23-17(25(18)13-4-5-13)11-2-1-7-21-9-11/h1-3,6-9,13H,4-5,10H2,(H,22,26). The average molecular weight is 404 g/mol. The minimum Gasteiger partial charge on any atom is -0.324 e. The van der Waals surface area contributed by atoms with Crippen molar-refractivity contribution in [3.63, 3.8) is 0 Å². The summed E-state index contributed by atoms with van der Waals surface area (Å²) in [6, 6.07) is 7.99. The van der Waals surface area contributed by atoms with Crippen molar-refractivity contribution < 1.29 is 9.18 Å². The van der Waals surface area contributed by atoms with Crippen LogP contribution in [0.15, 0.2) is 47.9 Å². The number of aromatic nitrogens is 4. The van der Waals surface area contributed by atoms with E-state index in [2.05, 4.69) is 25.1 Å². The zero-order valence-corrected chi connectivity index (χ0v) is 15.7. The highest BCUT2D eigenvalue weighted by molar-refractivity contribution is 7.99. The first-order chi connectivity index (χ1) is 13.1. The number of carbonyl (C=O) groups excluding carboxylic acids is 1. The molecule has 0 spiro atoms. The minimum atomic E-state index is -0.451. The molecule has 0 saturated heterocycles. The van der Waals surface area contributed by atoms with Gasteiger partial charge >= 0.3 is 0 Å². The summed E-state index contributed by atoms with van der Waals surface area (Å²) in [6.07, 6.45) is 5.59. The molecule has 0 unspecified atom stereocenters. The number of benzene rings is 1. The summed E-state index contributed by atoms with van der Waals surface area (Å²) in [7, 11) is 0. The van der Waals surface area contributed by atoms with Crippen LogP contribution >= 0.6 is 23.4 Å². The molecule has 1 N–H and O–H groups in total. The van der Waals surface area contributed by atoms with Crippen LogP contribution in [0.2, 0.25) is 5.02 Å². The molecule has 0 atom stereocenters. The molecular weight excluding hydrogens is 389 g/mol. The van der Waals surface area contributed by atoms with Gasteiger partial charge in [0.05, 0.1) is 16.5 Å². The Kier molecular flexibility index (Phi) is 5.09. The van der Waals surface area contributed by atoms with Crippen LogP contribution in [0.25, 0.3) is 11.4 Å². The largest absolute Gasteiger partial charge is 0.324 e. The lowest BCUT2D eigenvalue weighted by Crippen LogP contribution is -2.15. The van der Waals surface area contributed by atoms with Gasteiger partial charge in [-0.05, 0) is 43.2 Å². The Labute approximate surface area is 164 Å². The van der Waals surface area contributed by atoms with E-state index in [1.807, 2.05) is 12.1 Å².